The highest BCUT2D eigenvalue weighted by molar-refractivity contribution is 6.00. The molecule has 1 saturated carbocycles. The van der Waals surface area contributed by atoms with Crippen molar-refractivity contribution in [3.8, 4) is 17.0 Å². The number of alkyl halides is 3. The molecule has 2 aromatic carbocycles. The molecule has 3 N–H and O–H groups in total. The quantitative estimate of drug-likeness (QED) is 0.210. The molecule has 0 radical (unpaired) electrons. The number of aliphatic hydroxyl groups is 2. The van der Waals surface area contributed by atoms with Gasteiger partial charge in [0.1, 0.15) is 28.5 Å². The summed E-state index contributed by atoms with van der Waals surface area (Å²) < 4.78 is 94.3. The van der Waals surface area contributed by atoms with Crippen LogP contribution in [0.2, 0.25) is 0 Å². The van der Waals surface area contributed by atoms with E-state index in [0.717, 1.165) is 56.5 Å². The van der Waals surface area contributed by atoms with Crippen molar-refractivity contribution >= 4 is 16.8 Å². The summed E-state index contributed by atoms with van der Waals surface area (Å²) in [5.41, 5.74) is -9.56. The number of ether oxygens (including phenoxy) is 1. The first kappa shape index (κ1) is 31.2. The summed E-state index contributed by atoms with van der Waals surface area (Å²) in [7, 11) is 0. The number of rotatable bonds is 8. The zero-order valence-electron chi connectivity index (χ0n) is 23.7. The van der Waals surface area contributed by atoms with Crippen molar-refractivity contribution in [3.63, 3.8) is 0 Å². The average molecular weight is 620 g/mol. The lowest BCUT2D eigenvalue weighted by Gasteiger charge is -2.32. The molecular formula is C31H27F6N3O4. The van der Waals surface area contributed by atoms with Crippen molar-refractivity contribution in [2.75, 3.05) is 6.54 Å². The minimum Gasteiger partial charge on any atom is -0.488 e. The van der Waals surface area contributed by atoms with E-state index in [4.69, 9.17) is 4.74 Å². The van der Waals surface area contributed by atoms with E-state index >= 15 is 8.78 Å². The fraction of sp³-hybridized carbons (Fsp3) is 0.323. The molecule has 0 saturated heterocycles. The lowest BCUT2D eigenvalue weighted by molar-refractivity contribution is -0.266. The number of nitrogens with zero attached hydrogens (tertiary/aromatic N) is 2. The van der Waals surface area contributed by atoms with Gasteiger partial charge >= 0.3 is 6.18 Å². The van der Waals surface area contributed by atoms with E-state index in [0.29, 0.717) is 10.9 Å². The average Bonchev–Trinajstić information content (AvgIpc) is 3.74. The molecule has 1 aliphatic rings. The van der Waals surface area contributed by atoms with Crippen molar-refractivity contribution in [3.05, 3.63) is 88.5 Å². The molecule has 13 heteroatoms. The molecule has 1 unspecified atom stereocenters. The fourth-order valence-corrected chi connectivity index (χ4v) is 4.69. The number of benzene rings is 2. The van der Waals surface area contributed by atoms with Crippen molar-refractivity contribution in [2.24, 2.45) is 0 Å². The second-order valence-electron chi connectivity index (χ2n) is 11.3. The first-order valence-electron chi connectivity index (χ1n) is 13.5. The van der Waals surface area contributed by atoms with Crippen LogP contribution < -0.4 is 10.1 Å². The van der Waals surface area contributed by atoms with E-state index < -0.39 is 64.2 Å². The van der Waals surface area contributed by atoms with Crippen LogP contribution in [0.3, 0.4) is 0 Å². The lowest BCUT2D eigenvalue weighted by Crippen LogP contribution is -2.52. The minimum absolute atomic E-state index is 0.0947. The van der Waals surface area contributed by atoms with Gasteiger partial charge in [-0.15, -0.1) is 0 Å². The normalized spacial score (nSPS) is 15.2. The third-order valence-corrected chi connectivity index (χ3v) is 7.14. The largest absolute Gasteiger partial charge is 0.488 e. The van der Waals surface area contributed by atoms with Gasteiger partial charge in [-0.2, -0.15) is 13.2 Å². The molecule has 0 bridgehead atoms. The van der Waals surface area contributed by atoms with Crippen LogP contribution >= 0.6 is 0 Å². The number of aromatic nitrogens is 2. The van der Waals surface area contributed by atoms with Gasteiger partial charge in [0.15, 0.2) is 11.6 Å². The predicted octanol–water partition coefficient (Wildman–Crippen LogP) is 5.97. The molecule has 2 aromatic heterocycles. The number of fused-ring (bicyclic) bond motifs is 1. The molecule has 5 rings (SSSR count). The molecule has 1 aliphatic carbocycles. The number of nitrogens with one attached hydrogen (secondary N) is 1. The summed E-state index contributed by atoms with van der Waals surface area (Å²) in [5.74, 6) is -5.06. The van der Waals surface area contributed by atoms with E-state index in [-0.39, 0.29) is 23.0 Å². The number of amides is 1. The van der Waals surface area contributed by atoms with Crippen molar-refractivity contribution in [1.82, 2.24) is 15.3 Å². The molecule has 4 aromatic rings. The molecule has 0 aliphatic heterocycles. The van der Waals surface area contributed by atoms with Crippen molar-refractivity contribution < 1.29 is 46.1 Å². The van der Waals surface area contributed by atoms with Gasteiger partial charge in [-0.1, -0.05) is 0 Å². The molecular weight excluding hydrogens is 592 g/mol. The third-order valence-electron chi connectivity index (χ3n) is 7.14. The molecule has 232 valence electrons. The van der Waals surface area contributed by atoms with Gasteiger partial charge in [-0.3, -0.25) is 9.78 Å². The van der Waals surface area contributed by atoms with Gasteiger partial charge in [0.2, 0.25) is 5.60 Å². The molecule has 1 atom stereocenters. The summed E-state index contributed by atoms with van der Waals surface area (Å²) in [6.45, 7) is 1.98. The third kappa shape index (κ3) is 5.93. The number of carbonyl (C=O) groups excluding carboxylic acids is 1. The van der Waals surface area contributed by atoms with E-state index in [1.807, 2.05) is 5.32 Å². The summed E-state index contributed by atoms with van der Waals surface area (Å²) in [4.78, 5) is 21.0. The zero-order valence-corrected chi connectivity index (χ0v) is 23.7. The summed E-state index contributed by atoms with van der Waals surface area (Å²) in [6, 6.07) is 8.12. The Morgan fingerprint density at radius 2 is 1.68 bits per heavy atom. The summed E-state index contributed by atoms with van der Waals surface area (Å²) in [6.07, 6.45) is -2.59. The number of hydrogen-bond donors (Lipinski definition) is 3. The first-order chi connectivity index (χ1) is 20.5. The topological polar surface area (TPSA) is 105 Å². The molecule has 0 spiro atoms. The van der Waals surface area contributed by atoms with Crippen LogP contribution in [0.5, 0.6) is 5.75 Å². The fourth-order valence-electron chi connectivity index (χ4n) is 4.69. The van der Waals surface area contributed by atoms with E-state index in [1.165, 1.54) is 12.1 Å². The van der Waals surface area contributed by atoms with Gasteiger partial charge in [-0.25, -0.2) is 18.2 Å². The summed E-state index contributed by atoms with van der Waals surface area (Å²) in [5, 5.41) is 24.0. The monoisotopic (exact) mass is 619 g/mol. The van der Waals surface area contributed by atoms with Gasteiger partial charge in [0.05, 0.1) is 23.8 Å². The van der Waals surface area contributed by atoms with Gasteiger partial charge < -0.3 is 20.3 Å². The maximum absolute atomic E-state index is 15.7. The van der Waals surface area contributed by atoms with Gasteiger partial charge in [-0.05, 0) is 81.6 Å². The second kappa shape index (κ2) is 11.0. The first-order valence-corrected chi connectivity index (χ1v) is 13.5. The SMILES string of the molecule is Cc1cnc2c(OC3CC3)cc(C(=O)NCC(O)(c3nc(-c4ccc(F)cc4)c(F)c(C(C)(C)O)c3F)C(F)(F)F)cc2c1. The van der Waals surface area contributed by atoms with Crippen LogP contribution in [0.25, 0.3) is 22.2 Å². The molecule has 1 fully saturated rings. The number of halogens is 6. The Labute approximate surface area is 247 Å². The maximum Gasteiger partial charge on any atom is 0.424 e. The Morgan fingerprint density at radius 1 is 1.02 bits per heavy atom. The molecule has 44 heavy (non-hydrogen) atoms. The Bertz CT molecular complexity index is 1750. The predicted molar refractivity (Wildman–Crippen MR) is 147 cm³/mol. The number of hydrogen-bond acceptors (Lipinski definition) is 6. The lowest BCUT2D eigenvalue weighted by atomic mass is 9.89. The number of carbonyl (C=O) groups is 1. The van der Waals surface area contributed by atoms with Crippen LogP contribution in [0, 0.1) is 24.4 Å². The van der Waals surface area contributed by atoms with Gasteiger partial charge in [0.25, 0.3) is 5.91 Å². The highest BCUT2D eigenvalue weighted by Crippen LogP contribution is 2.43. The molecule has 7 nitrogen and oxygen atoms in total. The Balaban J connectivity index is 1.58. The number of pyridine rings is 2. The Morgan fingerprint density at radius 3 is 2.27 bits per heavy atom. The Hall–Kier alpha value is -4.23. The highest BCUT2D eigenvalue weighted by Gasteiger charge is 2.58. The maximum atomic E-state index is 15.7. The standard InChI is InChI=1S/C31H27F6N3O4/c1-15-10-17-11-18(12-21(25(17)38-13-15)44-20-8-9-20)28(41)39-14-30(43,31(35,36)37)27-24(34)22(29(2,3)42)23(33)26(40-27)16-4-6-19(32)7-5-16/h4-7,10-13,20,42-43H,8-9,14H2,1-3H3,(H,39,41). The molecule has 1 amide bonds. The second-order valence-corrected chi connectivity index (χ2v) is 11.3. The van der Waals surface area contributed by atoms with Crippen molar-refractivity contribution in [2.45, 2.75) is 57.1 Å². The Kier molecular flexibility index (Phi) is 7.83. The molecule has 2 heterocycles. The van der Waals surface area contributed by atoms with Crippen LogP contribution in [-0.2, 0) is 11.2 Å². The van der Waals surface area contributed by atoms with Crippen LogP contribution in [-0.4, -0.2) is 44.9 Å². The number of aryl methyl sites for hydroxylation is 1. The minimum atomic E-state index is -5.66. The van der Waals surface area contributed by atoms with Crippen LogP contribution in [0.4, 0.5) is 26.3 Å². The summed E-state index contributed by atoms with van der Waals surface area (Å²) >= 11 is 0. The highest BCUT2D eigenvalue weighted by atomic mass is 19.4. The smallest absolute Gasteiger partial charge is 0.424 e. The van der Waals surface area contributed by atoms with Gasteiger partial charge in [0, 0.05) is 22.7 Å². The van der Waals surface area contributed by atoms with Crippen LogP contribution in [0.15, 0.2) is 48.7 Å². The van der Waals surface area contributed by atoms with E-state index in [1.54, 1.807) is 19.2 Å². The van der Waals surface area contributed by atoms with E-state index in [2.05, 4.69) is 9.97 Å². The zero-order chi connectivity index (χ0) is 32.2. The van der Waals surface area contributed by atoms with Crippen LogP contribution in [0.1, 0.15) is 53.9 Å². The van der Waals surface area contributed by atoms with Crippen molar-refractivity contribution in [1.29, 1.82) is 0 Å². The van der Waals surface area contributed by atoms with E-state index in [9.17, 15) is 32.6 Å².